The van der Waals surface area contributed by atoms with Gasteiger partial charge in [0.15, 0.2) is 5.13 Å². The summed E-state index contributed by atoms with van der Waals surface area (Å²) < 4.78 is 0. The Labute approximate surface area is 105 Å². The van der Waals surface area contributed by atoms with Crippen molar-refractivity contribution >= 4 is 28.2 Å². The van der Waals surface area contributed by atoms with Crippen LogP contribution in [0.1, 0.15) is 29.4 Å². The summed E-state index contributed by atoms with van der Waals surface area (Å²) in [4.78, 5) is 18.6. The standard InChI is InChI=1S/C11H18N4OS/c1-7-4-3-5-15(6-7)11-14-9(12)8(17-11)10(16)13-2/h7H,3-6,12H2,1-2H3,(H,13,16)/t7-/m1/s1. The number of nitrogens with two attached hydrogens (primary N) is 1. The summed E-state index contributed by atoms with van der Waals surface area (Å²) >= 11 is 1.38. The molecule has 2 rings (SSSR count). The van der Waals surface area contributed by atoms with Gasteiger partial charge < -0.3 is 16.0 Å². The molecule has 0 radical (unpaired) electrons. The Morgan fingerprint density at radius 1 is 1.65 bits per heavy atom. The van der Waals surface area contributed by atoms with Gasteiger partial charge in [-0.25, -0.2) is 4.98 Å². The van der Waals surface area contributed by atoms with Crippen LogP contribution in [0.25, 0.3) is 0 Å². The van der Waals surface area contributed by atoms with E-state index in [1.54, 1.807) is 7.05 Å². The molecule has 0 unspecified atom stereocenters. The minimum atomic E-state index is -0.156. The lowest BCUT2D eigenvalue weighted by atomic mass is 10.0. The number of amides is 1. The van der Waals surface area contributed by atoms with Crippen LogP contribution < -0.4 is 16.0 Å². The number of carbonyl (C=O) groups excluding carboxylic acids is 1. The number of carbonyl (C=O) groups is 1. The first kappa shape index (κ1) is 12.2. The molecular weight excluding hydrogens is 236 g/mol. The Hall–Kier alpha value is -1.30. The molecule has 1 aromatic rings. The van der Waals surface area contributed by atoms with Gasteiger partial charge in [0.2, 0.25) is 0 Å². The van der Waals surface area contributed by atoms with Gasteiger partial charge in [-0.15, -0.1) is 0 Å². The maximum absolute atomic E-state index is 11.6. The first-order chi connectivity index (χ1) is 8.11. The number of nitrogen functional groups attached to an aromatic ring is 1. The fraction of sp³-hybridized carbons (Fsp3) is 0.636. The Morgan fingerprint density at radius 3 is 3.06 bits per heavy atom. The van der Waals surface area contributed by atoms with Gasteiger partial charge in [-0.05, 0) is 18.8 Å². The molecule has 17 heavy (non-hydrogen) atoms. The molecule has 0 aliphatic carbocycles. The first-order valence-corrected chi connectivity index (χ1v) is 6.66. The van der Waals surface area contributed by atoms with Gasteiger partial charge in [0.05, 0.1) is 0 Å². The van der Waals surface area contributed by atoms with Crippen LogP contribution in [0.2, 0.25) is 0 Å². The van der Waals surface area contributed by atoms with Crippen LogP contribution in [-0.2, 0) is 0 Å². The highest BCUT2D eigenvalue weighted by Gasteiger charge is 2.22. The van der Waals surface area contributed by atoms with Crippen molar-refractivity contribution in [3.05, 3.63) is 4.88 Å². The molecule has 94 valence electrons. The van der Waals surface area contributed by atoms with E-state index < -0.39 is 0 Å². The lowest BCUT2D eigenvalue weighted by Gasteiger charge is -2.30. The van der Waals surface area contributed by atoms with Crippen molar-refractivity contribution in [3.8, 4) is 0 Å². The van der Waals surface area contributed by atoms with Crippen LogP contribution in [0.15, 0.2) is 0 Å². The van der Waals surface area contributed by atoms with E-state index in [1.165, 1.54) is 24.2 Å². The smallest absolute Gasteiger partial charge is 0.265 e. The minimum absolute atomic E-state index is 0.156. The lowest BCUT2D eigenvalue weighted by molar-refractivity contribution is 0.0968. The van der Waals surface area contributed by atoms with E-state index in [0.29, 0.717) is 16.6 Å². The Morgan fingerprint density at radius 2 is 2.41 bits per heavy atom. The van der Waals surface area contributed by atoms with Gasteiger partial charge in [0, 0.05) is 20.1 Å². The summed E-state index contributed by atoms with van der Waals surface area (Å²) in [5, 5.41) is 3.45. The molecule has 0 bridgehead atoms. The molecule has 0 spiro atoms. The number of hydrogen-bond acceptors (Lipinski definition) is 5. The number of rotatable bonds is 2. The second kappa shape index (κ2) is 4.91. The van der Waals surface area contributed by atoms with E-state index in [2.05, 4.69) is 22.1 Å². The van der Waals surface area contributed by atoms with Gasteiger partial charge in [-0.2, -0.15) is 0 Å². The molecule has 6 heteroatoms. The molecule has 1 amide bonds. The number of anilines is 2. The van der Waals surface area contributed by atoms with Crippen molar-refractivity contribution in [1.82, 2.24) is 10.3 Å². The Balaban J connectivity index is 2.19. The maximum atomic E-state index is 11.6. The molecule has 2 heterocycles. The molecule has 1 aromatic heterocycles. The van der Waals surface area contributed by atoms with E-state index in [9.17, 15) is 4.79 Å². The SMILES string of the molecule is CNC(=O)c1sc(N2CCC[C@@H](C)C2)nc1N. The second-order valence-corrected chi connectivity index (χ2v) is 5.46. The maximum Gasteiger partial charge on any atom is 0.265 e. The van der Waals surface area contributed by atoms with E-state index in [4.69, 9.17) is 5.73 Å². The largest absolute Gasteiger partial charge is 0.382 e. The topological polar surface area (TPSA) is 71.2 Å². The van der Waals surface area contributed by atoms with Crippen LogP contribution in [0.3, 0.4) is 0 Å². The Kier molecular flexibility index (Phi) is 3.51. The van der Waals surface area contributed by atoms with Gasteiger partial charge >= 0.3 is 0 Å². The fourth-order valence-corrected chi connectivity index (χ4v) is 3.06. The summed E-state index contributed by atoms with van der Waals surface area (Å²) in [7, 11) is 1.60. The molecule has 0 saturated carbocycles. The monoisotopic (exact) mass is 254 g/mol. The third kappa shape index (κ3) is 2.52. The fourth-order valence-electron chi connectivity index (χ4n) is 2.09. The van der Waals surface area contributed by atoms with E-state index in [1.807, 2.05) is 0 Å². The average Bonchev–Trinajstić information content (AvgIpc) is 2.70. The lowest BCUT2D eigenvalue weighted by Crippen LogP contribution is -2.34. The predicted octanol–water partition coefficient (Wildman–Crippen LogP) is 1.32. The molecule has 1 aliphatic rings. The number of piperidine rings is 1. The highest BCUT2D eigenvalue weighted by molar-refractivity contribution is 7.18. The summed E-state index contributed by atoms with van der Waals surface area (Å²) in [6.45, 7) is 4.24. The summed E-state index contributed by atoms with van der Waals surface area (Å²) in [5.74, 6) is 0.858. The molecule has 5 nitrogen and oxygen atoms in total. The zero-order valence-corrected chi connectivity index (χ0v) is 11.0. The molecule has 1 aliphatic heterocycles. The van der Waals surface area contributed by atoms with Crippen molar-refractivity contribution in [1.29, 1.82) is 0 Å². The summed E-state index contributed by atoms with van der Waals surface area (Å²) in [5.41, 5.74) is 5.77. The number of nitrogens with zero attached hydrogens (tertiary/aromatic N) is 2. The van der Waals surface area contributed by atoms with E-state index in [-0.39, 0.29) is 5.91 Å². The quantitative estimate of drug-likeness (QED) is 0.835. The van der Waals surface area contributed by atoms with Crippen LogP contribution in [0, 0.1) is 5.92 Å². The van der Waals surface area contributed by atoms with Gasteiger partial charge in [0.1, 0.15) is 10.7 Å². The minimum Gasteiger partial charge on any atom is -0.382 e. The van der Waals surface area contributed by atoms with Gasteiger partial charge in [0.25, 0.3) is 5.91 Å². The number of hydrogen-bond donors (Lipinski definition) is 2. The molecular formula is C11H18N4OS. The first-order valence-electron chi connectivity index (χ1n) is 5.85. The molecule has 1 atom stereocenters. The number of thiazole rings is 1. The Bertz CT molecular complexity index is 418. The summed E-state index contributed by atoms with van der Waals surface area (Å²) in [6.07, 6.45) is 2.44. The van der Waals surface area contributed by atoms with E-state index >= 15 is 0 Å². The third-order valence-corrected chi connectivity index (χ3v) is 4.13. The highest BCUT2D eigenvalue weighted by Crippen LogP contribution is 2.30. The van der Waals surface area contributed by atoms with Crippen molar-refractivity contribution in [2.75, 3.05) is 30.8 Å². The molecule has 1 saturated heterocycles. The van der Waals surface area contributed by atoms with Crippen LogP contribution in [-0.4, -0.2) is 31.0 Å². The molecule has 0 aromatic carbocycles. The van der Waals surface area contributed by atoms with Crippen molar-refractivity contribution in [2.24, 2.45) is 5.92 Å². The third-order valence-electron chi connectivity index (χ3n) is 3.00. The van der Waals surface area contributed by atoms with Gasteiger partial charge in [-0.3, -0.25) is 4.79 Å². The predicted molar refractivity (Wildman–Crippen MR) is 70.5 cm³/mol. The van der Waals surface area contributed by atoms with E-state index in [0.717, 1.165) is 18.2 Å². The van der Waals surface area contributed by atoms with Crippen LogP contribution in [0.5, 0.6) is 0 Å². The number of aromatic nitrogens is 1. The average molecular weight is 254 g/mol. The van der Waals surface area contributed by atoms with Crippen LogP contribution in [0.4, 0.5) is 10.9 Å². The van der Waals surface area contributed by atoms with Crippen molar-refractivity contribution in [2.45, 2.75) is 19.8 Å². The van der Waals surface area contributed by atoms with Crippen molar-refractivity contribution in [3.63, 3.8) is 0 Å². The molecule has 1 fully saturated rings. The summed E-state index contributed by atoms with van der Waals surface area (Å²) in [6, 6.07) is 0. The number of nitrogens with one attached hydrogen (secondary N) is 1. The van der Waals surface area contributed by atoms with Crippen LogP contribution >= 0.6 is 11.3 Å². The highest BCUT2D eigenvalue weighted by atomic mass is 32.1. The normalized spacial score (nSPS) is 20.4. The molecule has 3 N–H and O–H groups in total. The zero-order valence-electron chi connectivity index (χ0n) is 10.2. The van der Waals surface area contributed by atoms with Gasteiger partial charge in [-0.1, -0.05) is 18.3 Å². The second-order valence-electron chi connectivity index (χ2n) is 4.48. The zero-order chi connectivity index (χ0) is 12.4. The van der Waals surface area contributed by atoms with Crippen molar-refractivity contribution < 1.29 is 4.79 Å².